The maximum absolute atomic E-state index is 9.84. The molecule has 0 N–H and O–H groups in total. The van der Waals surface area contributed by atoms with Crippen LogP contribution in [0.15, 0.2) is 36.7 Å². The predicted octanol–water partition coefficient (Wildman–Crippen LogP) is 8.79. The van der Waals surface area contributed by atoms with E-state index in [1.807, 2.05) is 12.4 Å². The first-order valence-corrected chi connectivity index (χ1v) is 13.5. The van der Waals surface area contributed by atoms with Crippen molar-refractivity contribution in [3.05, 3.63) is 48.0 Å². The molecule has 1 aromatic carbocycles. The van der Waals surface area contributed by atoms with Gasteiger partial charge in [0.05, 0.1) is 11.5 Å². The van der Waals surface area contributed by atoms with E-state index in [4.69, 9.17) is 9.97 Å². The second-order valence-corrected chi connectivity index (χ2v) is 10.2. The summed E-state index contributed by atoms with van der Waals surface area (Å²) in [5.74, 6) is 1.35. The molecule has 1 heterocycles. The van der Waals surface area contributed by atoms with E-state index in [-0.39, 0.29) is 5.41 Å². The quantitative estimate of drug-likeness (QED) is 0.289. The molecule has 0 atom stereocenters. The van der Waals surface area contributed by atoms with Crippen molar-refractivity contribution in [2.24, 2.45) is 5.41 Å². The Balaban J connectivity index is 1.50. The zero-order valence-corrected chi connectivity index (χ0v) is 21.0. The number of benzene rings is 1. The van der Waals surface area contributed by atoms with Crippen molar-refractivity contribution >= 4 is 0 Å². The van der Waals surface area contributed by atoms with Crippen molar-refractivity contribution in [1.29, 1.82) is 5.26 Å². The first kappa shape index (κ1) is 25.4. The van der Waals surface area contributed by atoms with Gasteiger partial charge in [-0.05, 0) is 56.1 Å². The molecule has 0 amide bonds. The van der Waals surface area contributed by atoms with Gasteiger partial charge in [0, 0.05) is 23.9 Å². The molecule has 3 rings (SSSR count). The van der Waals surface area contributed by atoms with E-state index in [0.717, 1.165) is 43.5 Å². The molecule has 1 fully saturated rings. The third kappa shape index (κ3) is 7.66. The minimum Gasteiger partial charge on any atom is -0.240 e. The topological polar surface area (TPSA) is 49.6 Å². The van der Waals surface area contributed by atoms with Gasteiger partial charge in [-0.1, -0.05) is 89.5 Å². The van der Waals surface area contributed by atoms with Crippen LogP contribution < -0.4 is 0 Å². The van der Waals surface area contributed by atoms with Gasteiger partial charge in [0.2, 0.25) is 0 Å². The van der Waals surface area contributed by atoms with Crippen LogP contribution in [0.3, 0.4) is 0 Å². The van der Waals surface area contributed by atoms with E-state index in [9.17, 15) is 5.26 Å². The number of aromatic nitrogens is 2. The van der Waals surface area contributed by atoms with Crippen molar-refractivity contribution in [2.75, 3.05) is 0 Å². The third-order valence-electron chi connectivity index (χ3n) is 7.58. The van der Waals surface area contributed by atoms with Crippen LogP contribution in [-0.4, -0.2) is 9.97 Å². The van der Waals surface area contributed by atoms with Gasteiger partial charge in [0.15, 0.2) is 0 Å². The first-order valence-electron chi connectivity index (χ1n) is 13.5. The molecule has 0 saturated heterocycles. The highest BCUT2D eigenvalue weighted by molar-refractivity contribution is 5.61. The Kier molecular flexibility index (Phi) is 10.4. The molecule has 178 valence electrons. The highest BCUT2D eigenvalue weighted by Crippen LogP contribution is 2.45. The van der Waals surface area contributed by atoms with E-state index < -0.39 is 0 Å². The Hall–Kier alpha value is -2.21. The Labute approximate surface area is 202 Å². The van der Waals surface area contributed by atoms with Crippen molar-refractivity contribution < 1.29 is 0 Å². The Morgan fingerprint density at radius 2 is 1.42 bits per heavy atom. The molecule has 0 unspecified atom stereocenters. The Morgan fingerprint density at radius 1 is 0.818 bits per heavy atom. The average Bonchev–Trinajstić information content (AvgIpc) is 2.87. The molecule has 1 saturated carbocycles. The van der Waals surface area contributed by atoms with Gasteiger partial charge >= 0.3 is 0 Å². The number of aryl methyl sites for hydroxylation is 1. The fourth-order valence-electron chi connectivity index (χ4n) is 5.23. The minimum absolute atomic E-state index is 0.109. The standard InChI is InChI=1S/C30H43N3/c1-3-5-7-9-10-12-25-13-15-26(16-14-25)28-22-32-29(33-23-28)27-17-20-30(24-31,21-18-27)19-11-8-6-4-2/h13-16,22-23,27H,3-12,17-21H2,1-2H3/t27-,30-. The summed E-state index contributed by atoms with van der Waals surface area (Å²) in [5, 5.41) is 9.84. The number of nitrogens with zero attached hydrogens (tertiary/aromatic N) is 3. The summed E-state index contributed by atoms with van der Waals surface area (Å²) in [6, 6.07) is 11.6. The van der Waals surface area contributed by atoms with Gasteiger partial charge < -0.3 is 0 Å². The number of unbranched alkanes of at least 4 members (excludes halogenated alkanes) is 7. The predicted molar refractivity (Wildman–Crippen MR) is 138 cm³/mol. The van der Waals surface area contributed by atoms with Gasteiger partial charge in [0.25, 0.3) is 0 Å². The molecule has 2 aromatic rings. The van der Waals surface area contributed by atoms with Crippen molar-refractivity contribution in [2.45, 2.75) is 116 Å². The van der Waals surface area contributed by atoms with E-state index in [1.165, 1.54) is 75.3 Å². The van der Waals surface area contributed by atoms with E-state index in [1.54, 1.807) is 0 Å². The molecule has 0 radical (unpaired) electrons. The number of hydrogen-bond acceptors (Lipinski definition) is 3. The fourth-order valence-corrected chi connectivity index (χ4v) is 5.23. The second kappa shape index (κ2) is 13.5. The van der Waals surface area contributed by atoms with Crippen LogP contribution in [0.4, 0.5) is 0 Å². The highest BCUT2D eigenvalue weighted by Gasteiger charge is 2.36. The molecule has 1 aromatic heterocycles. The van der Waals surface area contributed by atoms with Gasteiger partial charge in [-0.3, -0.25) is 0 Å². The summed E-state index contributed by atoms with van der Waals surface area (Å²) in [5.41, 5.74) is 3.59. The summed E-state index contributed by atoms with van der Waals surface area (Å²) in [6.45, 7) is 4.50. The SMILES string of the molecule is CCCCCCCc1ccc(-c2cnc([C@H]3CC[C@@](C#N)(CCCCCC)CC3)nc2)cc1. The molecule has 3 heteroatoms. The maximum atomic E-state index is 9.84. The van der Waals surface area contributed by atoms with Crippen LogP contribution in [-0.2, 0) is 6.42 Å². The van der Waals surface area contributed by atoms with Crippen LogP contribution in [0.5, 0.6) is 0 Å². The fraction of sp³-hybridized carbons (Fsp3) is 0.633. The lowest BCUT2D eigenvalue weighted by Gasteiger charge is -2.34. The number of hydrogen-bond donors (Lipinski definition) is 0. The van der Waals surface area contributed by atoms with E-state index >= 15 is 0 Å². The van der Waals surface area contributed by atoms with E-state index in [0.29, 0.717) is 5.92 Å². The van der Waals surface area contributed by atoms with Gasteiger partial charge in [-0.2, -0.15) is 5.26 Å². The summed E-state index contributed by atoms with van der Waals surface area (Å²) in [6.07, 6.45) is 21.9. The molecular weight excluding hydrogens is 402 g/mol. The van der Waals surface area contributed by atoms with Crippen molar-refractivity contribution in [3.8, 4) is 17.2 Å². The smallest absolute Gasteiger partial charge is 0.131 e. The molecule has 0 aliphatic heterocycles. The summed E-state index contributed by atoms with van der Waals surface area (Å²) in [7, 11) is 0. The largest absolute Gasteiger partial charge is 0.240 e. The molecule has 1 aliphatic carbocycles. The van der Waals surface area contributed by atoms with Crippen molar-refractivity contribution in [1.82, 2.24) is 9.97 Å². The average molecular weight is 446 g/mol. The van der Waals surface area contributed by atoms with Crippen LogP contribution in [0.2, 0.25) is 0 Å². The molecule has 33 heavy (non-hydrogen) atoms. The zero-order valence-electron chi connectivity index (χ0n) is 21.0. The lowest BCUT2D eigenvalue weighted by atomic mass is 9.68. The normalized spacial score (nSPS) is 20.5. The minimum atomic E-state index is -0.109. The monoisotopic (exact) mass is 445 g/mol. The van der Waals surface area contributed by atoms with Gasteiger partial charge in [-0.25, -0.2) is 9.97 Å². The zero-order chi connectivity index (χ0) is 23.4. The Bertz CT molecular complexity index is 840. The molecule has 0 bridgehead atoms. The summed E-state index contributed by atoms with van der Waals surface area (Å²) in [4.78, 5) is 9.49. The highest BCUT2D eigenvalue weighted by atomic mass is 14.9. The second-order valence-electron chi connectivity index (χ2n) is 10.2. The molecule has 3 nitrogen and oxygen atoms in total. The molecule has 0 spiro atoms. The number of nitriles is 1. The van der Waals surface area contributed by atoms with Crippen molar-refractivity contribution in [3.63, 3.8) is 0 Å². The molecular formula is C30H43N3. The van der Waals surface area contributed by atoms with Gasteiger partial charge in [-0.15, -0.1) is 0 Å². The summed E-state index contributed by atoms with van der Waals surface area (Å²) < 4.78 is 0. The lowest BCUT2D eigenvalue weighted by Crippen LogP contribution is -2.26. The Morgan fingerprint density at radius 3 is 2.03 bits per heavy atom. The van der Waals surface area contributed by atoms with Crippen LogP contribution >= 0.6 is 0 Å². The maximum Gasteiger partial charge on any atom is 0.131 e. The molecule has 1 aliphatic rings. The van der Waals surface area contributed by atoms with Crippen LogP contribution in [0.25, 0.3) is 11.1 Å². The van der Waals surface area contributed by atoms with E-state index in [2.05, 4.69) is 44.2 Å². The van der Waals surface area contributed by atoms with Gasteiger partial charge in [0.1, 0.15) is 5.82 Å². The lowest BCUT2D eigenvalue weighted by molar-refractivity contribution is 0.219. The van der Waals surface area contributed by atoms with Crippen LogP contribution in [0.1, 0.15) is 121 Å². The number of rotatable bonds is 13. The summed E-state index contributed by atoms with van der Waals surface area (Å²) >= 11 is 0. The first-order chi connectivity index (χ1) is 16.2. The third-order valence-corrected chi connectivity index (χ3v) is 7.58. The van der Waals surface area contributed by atoms with Crippen LogP contribution in [0, 0.1) is 16.7 Å².